The van der Waals surface area contributed by atoms with E-state index in [4.69, 9.17) is 4.74 Å². The van der Waals surface area contributed by atoms with Gasteiger partial charge in [0.1, 0.15) is 5.75 Å². The lowest BCUT2D eigenvalue weighted by Gasteiger charge is -2.07. The predicted molar refractivity (Wildman–Crippen MR) is 121 cm³/mol. The monoisotopic (exact) mass is 506 g/mol. The fraction of sp³-hybridized carbons (Fsp3) is 0.190. The Labute approximate surface area is 200 Å². The number of amides is 1. The number of hydrogen-bond acceptors (Lipinski definition) is 8. The highest BCUT2D eigenvalue weighted by molar-refractivity contribution is 7.99. The number of nitrogens with zero attached hydrogens (tertiary/aromatic N) is 5. The summed E-state index contributed by atoms with van der Waals surface area (Å²) in [6, 6.07) is 12.3. The Morgan fingerprint density at radius 3 is 2.74 bits per heavy atom. The summed E-state index contributed by atoms with van der Waals surface area (Å²) >= 11 is 2.36. The fourth-order valence-electron chi connectivity index (χ4n) is 2.95. The van der Waals surface area contributed by atoms with Crippen molar-refractivity contribution < 1.29 is 22.7 Å². The average molecular weight is 507 g/mol. The molecule has 4 rings (SSSR count). The van der Waals surface area contributed by atoms with E-state index in [0.29, 0.717) is 27.3 Å². The summed E-state index contributed by atoms with van der Waals surface area (Å²) in [6.45, 7) is 0. The maximum Gasteiger partial charge on any atom is 0.416 e. The number of nitrogens with one attached hydrogen (secondary N) is 1. The van der Waals surface area contributed by atoms with E-state index in [2.05, 4.69) is 25.8 Å². The van der Waals surface area contributed by atoms with Crippen molar-refractivity contribution in [3.05, 3.63) is 70.7 Å². The number of benzene rings is 2. The molecule has 34 heavy (non-hydrogen) atoms. The molecule has 0 fully saturated rings. The van der Waals surface area contributed by atoms with Crippen molar-refractivity contribution in [1.82, 2.24) is 25.2 Å². The standard InChI is InChI=1S/C21H17F3N6O2S2/c1-32-16-7-5-15(6-8-16)30-20(27-28-29-30)33-12-18(31)26-19-25-11-17(34-19)10-13-3-2-4-14(9-13)21(22,23)24/h2-9,11H,10,12H2,1H3,(H,25,26,31). The number of tetrazole rings is 1. The van der Waals surface area contributed by atoms with Crippen LogP contribution in [-0.4, -0.2) is 44.0 Å². The van der Waals surface area contributed by atoms with Crippen molar-refractivity contribution >= 4 is 34.1 Å². The summed E-state index contributed by atoms with van der Waals surface area (Å²) in [7, 11) is 1.57. The van der Waals surface area contributed by atoms with Gasteiger partial charge >= 0.3 is 6.18 Å². The lowest BCUT2D eigenvalue weighted by atomic mass is 10.1. The molecule has 0 aliphatic rings. The summed E-state index contributed by atoms with van der Waals surface area (Å²) in [4.78, 5) is 17.3. The molecule has 0 radical (unpaired) electrons. The predicted octanol–water partition coefficient (Wildman–Crippen LogP) is 4.47. The normalized spacial score (nSPS) is 11.4. The summed E-state index contributed by atoms with van der Waals surface area (Å²) in [5, 5.41) is 15.1. The number of carbonyl (C=O) groups excluding carboxylic acids is 1. The molecule has 0 atom stereocenters. The lowest BCUT2D eigenvalue weighted by molar-refractivity contribution is -0.137. The molecule has 4 aromatic rings. The summed E-state index contributed by atoms with van der Waals surface area (Å²) in [5.74, 6) is 0.425. The molecule has 2 aromatic carbocycles. The highest BCUT2D eigenvalue weighted by atomic mass is 32.2. The van der Waals surface area contributed by atoms with E-state index in [1.165, 1.54) is 28.3 Å². The van der Waals surface area contributed by atoms with Crippen LogP contribution in [0.4, 0.5) is 18.3 Å². The first kappa shape index (κ1) is 23.7. The van der Waals surface area contributed by atoms with E-state index in [0.717, 1.165) is 28.8 Å². The van der Waals surface area contributed by atoms with Crippen LogP contribution in [0.15, 0.2) is 59.9 Å². The third-order valence-electron chi connectivity index (χ3n) is 4.52. The van der Waals surface area contributed by atoms with Crippen LogP contribution in [0.2, 0.25) is 0 Å². The van der Waals surface area contributed by atoms with Gasteiger partial charge in [0, 0.05) is 17.5 Å². The fourth-order valence-corrected chi connectivity index (χ4v) is 4.50. The second-order valence-corrected chi connectivity index (χ2v) is 8.97. The van der Waals surface area contributed by atoms with Crippen molar-refractivity contribution in [2.45, 2.75) is 17.8 Å². The SMILES string of the molecule is COc1ccc(-n2nnnc2SCC(=O)Nc2ncc(Cc3cccc(C(F)(F)F)c3)s2)cc1. The lowest BCUT2D eigenvalue weighted by Crippen LogP contribution is -2.14. The van der Waals surface area contributed by atoms with Crippen LogP contribution in [0.25, 0.3) is 5.69 Å². The van der Waals surface area contributed by atoms with Gasteiger partial charge < -0.3 is 10.1 Å². The van der Waals surface area contributed by atoms with Crippen molar-refractivity contribution in [2.75, 3.05) is 18.2 Å². The summed E-state index contributed by atoms with van der Waals surface area (Å²) < 4.78 is 45.4. The molecular formula is C21H17F3N6O2S2. The minimum Gasteiger partial charge on any atom is -0.497 e. The highest BCUT2D eigenvalue weighted by Gasteiger charge is 2.30. The number of ether oxygens (including phenoxy) is 1. The third kappa shape index (κ3) is 5.91. The molecule has 0 saturated carbocycles. The molecule has 176 valence electrons. The number of thioether (sulfide) groups is 1. The number of aromatic nitrogens is 5. The number of methoxy groups -OCH3 is 1. The smallest absolute Gasteiger partial charge is 0.416 e. The van der Waals surface area contributed by atoms with Crippen molar-refractivity contribution in [2.24, 2.45) is 0 Å². The van der Waals surface area contributed by atoms with E-state index in [-0.39, 0.29) is 18.1 Å². The van der Waals surface area contributed by atoms with Gasteiger partial charge in [-0.05, 0) is 46.3 Å². The van der Waals surface area contributed by atoms with Gasteiger partial charge in [0.25, 0.3) is 0 Å². The number of rotatable bonds is 8. The Hall–Kier alpha value is -3.45. The van der Waals surface area contributed by atoms with Gasteiger partial charge in [-0.25, -0.2) is 4.98 Å². The maximum absolute atomic E-state index is 12.9. The second kappa shape index (κ2) is 10.2. The van der Waals surface area contributed by atoms with E-state index >= 15 is 0 Å². The number of alkyl halides is 3. The molecule has 0 unspecified atom stereocenters. The molecule has 13 heteroatoms. The van der Waals surface area contributed by atoms with Crippen LogP contribution in [0.5, 0.6) is 5.75 Å². The molecule has 1 N–H and O–H groups in total. The molecular weight excluding hydrogens is 489 g/mol. The first-order chi connectivity index (χ1) is 16.3. The van der Waals surface area contributed by atoms with Gasteiger partial charge in [0.15, 0.2) is 5.13 Å². The first-order valence-corrected chi connectivity index (χ1v) is 11.6. The maximum atomic E-state index is 12.9. The minimum atomic E-state index is -4.40. The molecule has 0 aliphatic carbocycles. The Morgan fingerprint density at radius 1 is 1.21 bits per heavy atom. The minimum absolute atomic E-state index is 0.0407. The highest BCUT2D eigenvalue weighted by Crippen LogP contribution is 2.30. The van der Waals surface area contributed by atoms with Gasteiger partial charge in [0.2, 0.25) is 11.1 Å². The van der Waals surface area contributed by atoms with E-state index in [1.54, 1.807) is 37.4 Å². The second-order valence-electron chi connectivity index (χ2n) is 6.91. The van der Waals surface area contributed by atoms with Gasteiger partial charge in [-0.1, -0.05) is 30.0 Å². The molecule has 0 aliphatic heterocycles. The van der Waals surface area contributed by atoms with Crippen LogP contribution in [0.1, 0.15) is 16.0 Å². The van der Waals surface area contributed by atoms with Crippen molar-refractivity contribution in [1.29, 1.82) is 0 Å². The van der Waals surface area contributed by atoms with Crippen LogP contribution < -0.4 is 10.1 Å². The topological polar surface area (TPSA) is 94.8 Å². The van der Waals surface area contributed by atoms with Crippen molar-refractivity contribution in [3.8, 4) is 11.4 Å². The number of carbonyl (C=O) groups is 1. The number of thiazole rings is 1. The van der Waals surface area contributed by atoms with Crippen LogP contribution >= 0.6 is 23.1 Å². The number of anilines is 1. The summed E-state index contributed by atoms with van der Waals surface area (Å²) in [5.41, 5.74) is 0.530. The first-order valence-electron chi connectivity index (χ1n) is 9.78. The molecule has 1 amide bonds. The van der Waals surface area contributed by atoms with Crippen LogP contribution in [0.3, 0.4) is 0 Å². The Morgan fingerprint density at radius 2 is 2.00 bits per heavy atom. The zero-order chi connectivity index (χ0) is 24.1. The van der Waals surface area contributed by atoms with E-state index in [9.17, 15) is 18.0 Å². The Balaban J connectivity index is 1.33. The van der Waals surface area contributed by atoms with Crippen LogP contribution in [-0.2, 0) is 17.4 Å². The molecule has 2 aromatic heterocycles. The molecule has 8 nitrogen and oxygen atoms in total. The van der Waals surface area contributed by atoms with Gasteiger partial charge in [-0.3, -0.25) is 4.79 Å². The molecule has 2 heterocycles. The zero-order valence-corrected chi connectivity index (χ0v) is 19.2. The molecule has 0 saturated heterocycles. The largest absolute Gasteiger partial charge is 0.497 e. The Bertz CT molecular complexity index is 1270. The van der Waals surface area contributed by atoms with E-state index < -0.39 is 11.7 Å². The number of halogens is 3. The van der Waals surface area contributed by atoms with E-state index in [1.807, 2.05) is 0 Å². The van der Waals surface area contributed by atoms with Gasteiger partial charge in [0.05, 0.1) is 24.1 Å². The van der Waals surface area contributed by atoms with Crippen LogP contribution in [0, 0.1) is 0 Å². The zero-order valence-electron chi connectivity index (χ0n) is 17.6. The molecule has 0 bridgehead atoms. The van der Waals surface area contributed by atoms with Gasteiger partial charge in [-0.2, -0.15) is 17.9 Å². The quantitative estimate of drug-likeness (QED) is 0.353. The van der Waals surface area contributed by atoms with Gasteiger partial charge in [-0.15, -0.1) is 16.4 Å². The van der Waals surface area contributed by atoms with Crippen molar-refractivity contribution in [3.63, 3.8) is 0 Å². The summed E-state index contributed by atoms with van der Waals surface area (Å²) in [6.07, 6.45) is -2.58. The average Bonchev–Trinajstić information content (AvgIpc) is 3.47. The third-order valence-corrected chi connectivity index (χ3v) is 6.35. The molecule has 0 spiro atoms. The number of hydrogen-bond donors (Lipinski definition) is 1. The Kier molecular flexibility index (Phi) is 7.12.